The summed E-state index contributed by atoms with van der Waals surface area (Å²) in [5, 5.41) is 0. The van der Waals surface area contributed by atoms with Crippen molar-refractivity contribution in [3.05, 3.63) is 144 Å². The maximum absolute atomic E-state index is 3.75. The standard InChI is InChI=1S/C30H23BrGe/c31-26-15-11-21-30(23-26)32(27-16-6-2-7-17-27,28-18-8-3-9-19-28)29-20-10-14-25(22-29)24-12-4-1-5-13-24/h1-23H. The number of hydrogen-bond acceptors (Lipinski definition) is 0. The molecule has 0 aliphatic heterocycles. The summed E-state index contributed by atoms with van der Waals surface area (Å²) in [5.41, 5.74) is 2.51. The van der Waals surface area contributed by atoms with Gasteiger partial charge in [-0.15, -0.1) is 0 Å². The van der Waals surface area contributed by atoms with Crippen LogP contribution in [0.4, 0.5) is 0 Å². The molecule has 0 aromatic heterocycles. The minimum atomic E-state index is -3.25. The maximum atomic E-state index is 3.75. The molecule has 0 N–H and O–H groups in total. The Kier molecular flexibility index (Phi) is 6.11. The van der Waals surface area contributed by atoms with E-state index >= 15 is 0 Å². The third-order valence-electron chi connectivity index (χ3n) is 6.07. The summed E-state index contributed by atoms with van der Waals surface area (Å²) in [7, 11) is 0. The fourth-order valence-electron chi connectivity index (χ4n) is 4.66. The van der Waals surface area contributed by atoms with Gasteiger partial charge >= 0.3 is 202 Å². The van der Waals surface area contributed by atoms with Crippen LogP contribution >= 0.6 is 15.9 Å². The molecular weight excluding hydrogens is 513 g/mol. The summed E-state index contributed by atoms with van der Waals surface area (Å²) in [6.07, 6.45) is 0. The van der Waals surface area contributed by atoms with Crippen LogP contribution in [-0.4, -0.2) is 13.3 Å². The molecule has 0 nitrogen and oxygen atoms in total. The zero-order valence-electron chi connectivity index (χ0n) is 17.7. The van der Waals surface area contributed by atoms with Gasteiger partial charge in [-0.05, 0) is 0 Å². The van der Waals surface area contributed by atoms with E-state index in [1.165, 1.54) is 28.7 Å². The molecule has 0 fully saturated rings. The van der Waals surface area contributed by atoms with Crippen molar-refractivity contribution in [2.75, 3.05) is 0 Å². The van der Waals surface area contributed by atoms with Crippen LogP contribution in [-0.2, 0) is 0 Å². The van der Waals surface area contributed by atoms with E-state index in [0.717, 1.165) is 4.47 Å². The number of halogens is 1. The Morgan fingerprint density at radius 3 is 1.38 bits per heavy atom. The van der Waals surface area contributed by atoms with Crippen molar-refractivity contribution in [1.29, 1.82) is 0 Å². The Balaban J connectivity index is 1.87. The van der Waals surface area contributed by atoms with E-state index in [1.54, 1.807) is 0 Å². The van der Waals surface area contributed by atoms with Crippen molar-refractivity contribution in [1.82, 2.24) is 0 Å². The molecule has 0 spiro atoms. The third-order valence-corrected chi connectivity index (χ3v) is 16.5. The van der Waals surface area contributed by atoms with Crippen LogP contribution in [0.3, 0.4) is 0 Å². The number of benzene rings is 5. The summed E-state index contributed by atoms with van der Waals surface area (Å²) in [6, 6.07) is 51.1. The minimum absolute atomic E-state index is 1.12. The van der Waals surface area contributed by atoms with Gasteiger partial charge in [-0.2, -0.15) is 0 Å². The Morgan fingerprint density at radius 1 is 0.375 bits per heavy atom. The van der Waals surface area contributed by atoms with E-state index in [1.807, 2.05) is 0 Å². The van der Waals surface area contributed by atoms with Crippen molar-refractivity contribution in [2.24, 2.45) is 0 Å². The molecule has 0 saturated heterocycles. The van der Waals surface area contributed by atoms with E-state index in [2.05, 4.69) is 155 Å². The normalized spacial score (nSPS) is 11.3. The molecule has 0 heterocycles. The topological polar surface area (TPSA) is 0 Å². The van der Waals surface area contributed by atoms with Crippen molar-refractivity contribution < 1.29 is 0 Å². The molecule has 2 heteroatoms. The van der Waals surface area contributed by atoms with Crippen LogP contribution in [0.15, 0.2) is 144 Å². The van der Waals surface area contributed by atoms with Crippen LogP contribution in [0.2, 0.25) is 0 Å². The van der Waals surface area contributed by atoms with Crippen LogP contribution < -0.4 is 17.6 Å². The zero-order valence-corrected chi connectivity index (χ0v) is 21.3. The summed E-state index contributed by atoms with van der Waals surface area (Å²) in [6.45, 7) is 0. The summed E-state index contributed by atoms with van der Waals surface area (Å²) < 4.78 is 6.84. The number of hydrogen-bond donors (Lipinski definition) is 0. The SMILES string of the molecule is Brc1ccc[c]([Ge]([c]2ccccc2)([c]2ccccc2)[c]2cccc(-c3ccccc3)c2)c1. The van der Waals surface area contributed by atoms with Gasteiger partial charge in [-0.3, -0.25) is 0 Å². The molecule has 5 aromatic carbocycles. The molecule has 0 amide bonds. The number of rotatable bonds is 5. The average molecular weight is 536 g/mol. The second-order valence-corrected chi connectivity index (χ2v) is 16.8. The molecule has 5 rings (SSSR count). The second-order valence-electron chi connectivity index (χ2n) is 7.94. The van der Waals surface area contributed by atoms with Gasteiger partial charge in [0.15, 0.2) is 0 Å². The van der Waals surface area contributed by atoms with Gasteiger partial charge in [0.2, 0.25) is 0 Å². The van der Waals surface area contributed by atoms with Crippen LogP contribution in [0, 0.1) is 0 Å². The Labute approximate surface area is 201 Å². The first-order valence-electron chi connectivity index (χ1n) is 10.8. The van der Waals surface area contributed by atoms with Crippen molar-refractivity contribution in [2.45, 2.75) is 0 Å². The van der Waals surface area contributed by atoms with E-state index in [-0.39, 0.29) is 0 Å². The first-order chi connectivity index (χ1) is 15.8. The molecule has 0 unspecified atom stereocenters. The molecule has 32 heavy (non-hydrogen) atoms. The van der Waals surface area contributed by atoms with Gasteiger partial charge in [0.1, 0.15) is 0 Å². The first-order valence-corrected chi connectivity index (χ1v) is 15.8. The van der Waals surface area contributed by atoms with E-state index in [4.69, 9.17) is 0 Å². The van der Waals surface area contributed by atoms with Gasteiger partial charge in [0, 0.05) is 0 Å². The molecule has 0 bridgehead atoms. The van der Waals surface area contributed by atoms with Crippen LogP contribution in [0.25, 0.3) is 11.1 Å². The van der Waals surface area contributed by atoms with Gasteiger partial charge < -0.3 is 0 Å². The third kappa shape index (κ3) is 3.87. The van der Waals surface area contributed by atoms with E-state index in [0.29, 0.717) is 0 Å². The van der Waals surface area contributed by atoms with Gasteiger partial charge in [0.05, 0.1) is 0 Å². The summed E-state index contributed by atoms with van der Waals surface area (Å²) in [5.74, 6) is 0. The molecule has 0 radical (unpaired) electrons. The van der Waals surface area contributed by atoms with Gasteiger partial charge in [0.25, 0.3) is 0 Å². The Morgan fingerprint density at radius 2 is 0.812 bits per heavy atom. The van der Waals surface area contributed by atoms with E-state index < -0.39 is 13.3 Å². The van der Waals surface area contributed by atoms with Crippen molar-refractivity contribution >= 4 is 46.8 Å². The molecule has 0 atom stereocenters. The predicted octanol–water partition coefficient (Wildman–Crippen LogP) is 5.49. The van der Waals surface area contributed by atoms with Gasteiger partial charge in [-0.25, -0.2) is 0 Å². The Bertz CT molecular complexity index is 1280. The van der Waals surface area contributed by atoms with Crippen molar-refractivity contribution in [3.63, 3.8) is 0 Å². The quantitative estimate of drug-likeness (QED) is 0.261. The molecule has 5 aromatic rings. The fourth-order valence-corrected chi connectivity index (χ4v) is 15.6. The molecule has 0 aliphatic carbocycles. The van der Waals surface area contributed by atoms with E-state index in [9.17, 15) is 0 Å². The Hall–Kier alpha value is -2.88. The molecular formula is C30H23BrGe. The zero-order chi connectivity index (χ0) is 21.8. The molecule has 0 saturated carbocycles. The predicted molar refractivity (Wildman–Crippen MR) is 143 cm³/mol. The van der Waals surface area contributed by atoms with Crippen LogP contribution in [0.1, 0.15) is 0 Å². The summed E-state index contributed by atoms with van der Waals surface area (Å²) >= 11 is 0.500. The van der Waals surface area contributed by atoms with Gasteiger partial charge in [-0.1, -0.05) is 0 Å². The second kappa shape index (κ2) is 9.32. The first kappa shape index (κ1) is 21.0. The van der Waals surface area contributed by atoms with Crippen LogP contribution in [0.5, 0.6) is 0 Å². The monoisotopic (exact) mass is 536 g/mol. The molecule has 154 valence electrons. The molecule has 0 aliphatic rings. The summed E-state index contributed by atoms with van der Waals surface area (Å²) in [4.78, 5) is 0. The fraction of sp³-hybridized carbons (Fsp3) is 0. The average Bonchev–Trinajstić information content (AvgIpc) is 2.87. The van der Waals surface area contributed by atoms with Crippen molar-refractivity contribution in [3.8, 4) is 11.1 Å².